The lowest BCUT2D eigenvalue weighted by atomic mass is 10.1. The highest BCUT2D eigenvalue weighted by Crippen LogP contribution is 2.18. The van der Waals surface area contributed by atoms with Crippen molar-refractivity contribution in [1.82, 2.24) is 9.97 Å². The fourth-order valence-corrected chi connectivity index (χ4v) is 1.38. The van der Waals surface area contributed by atoms with Gasteiger partial charge in [-0.15, -0.1) is 0 Å². The molecule has 1 aromatic carbocycles. The topological polar surface area (TPSA) is 52.1 Å². The molecule has 0 saturated carbocycles. The van der Waals surface area contributed by atoms with Crippen LogP contribution in [0.3, 0.4) is 0 Å². The number of carbonyl (C=O) groups excluding carboxylic acids is 1. The third-order valence-corrected chi connectivity index (χ3v) is 2.24. The number of halogens is 1. The van der Waals surface area contributed by atoms with Crippen molar-refractivity contribution in [3.63, 3.8) is 0 Å². The summed E-state index contributed by atoms with van der Waals surface area (Å²) in [5.41, 5.74) is 0.220. The van der Waals surface area contributed by atoms with E-state index in [-0.39, 0.29) is 11.1 Å². The van der Waals surface area contributed by atoms with Gasteiger partial charge in [0.2, 0.25) is 0 Å². The largest absolute Gasteiger partial charge is 0.497 e. The predicted molar refractivity (Wildman–Crippen MR) is 58.4 cm³/mol. The van der Waals surface area contributed by atoms with E-state index in [2.05, 4.69) is 9.97 Å². The number of rotatable bonds is 3. The maximum atomic E-state index is 13.6. The molecule has 5 heteroatoms. The number of hydrogen-bond donors (Lipinski definition) is 0. The first-order valence-corrected chi connectivity index (χ1v) is 4.85. The van der Waals surface area contributed by atoms with E-state index in [9.17, 15) is 9.18 Å². The molecule has 0 aliphatic rings. The number of ketones is 1. The smallest absolute Gasteiger partial charge is 0.199 e. The van der Waals surface area contributed by atoms with Crippen molar-refractivity contribution < 1.29 is 13.9 Å². The van der Waals surface area contributed by atoms with Gasteiger partial charge in [-0.25, -0.2) is 14.4 Å². The maximum absolute atomic E-state index is 13.6. The molecule has 4 nitrogen and oxygen atoms in total. The van der Waals surface area contributed by atoms with E-state index in [1.165, 1.54) is 38.0 Å². The van der Waals surface area contributed by atoms with Gasteiger partial charge in [0.25, 0.3) is 0 Å². The molecule has 2 rings (SSSR count). The van der Waals surface area contributed by atoms with Crippen molar-refractivity contribution in [2.45, 2.75) is 0 Å². The molecule has 0 fully saturated rings. The Morgan fingerprint density at radius 3 is 2.59 bits per heavy atom. The Hall–Kier alpha value is -2.30. The van der Waals surface area contributed by atoms with Crippen LogP contribution in [0.2, 0.25) is 0 Å². The SMILES string of the molecule is COc1ccc(C(=O)c2cncnc2)c(F)c1. The van der Waals surface area contributed by atoms with E-state index in [1.807, 2.05) is 0 Å². The molecule has 0 atom stereocenters. The first-order chi connectivity index (χ1) is 8.22. The molecule has 2 aromatic rings. The van der Waals surface area contributed by atoms with Crippen LogP contribution in [0, 0.1) is 5.82 Å². The zero-order chi connectivity index (χ0) is 12.3. The molecule has 86 valence electrons. The van der Waals surface area contributed by atoms with Crippen molar-refractivity contribution in [3.05, 3.63) is 53.9 Å². The van der Waals surface area contributed by atoms with Crippen LogP contribution in [0.1, 0.15) is 15.9 Å². The highest BCUT2D eigenvalue weighted by Gasteiger charge is 2.14. The fraction of sp³-hybridized carbons (Fsp3) is 0.0833. The van der Waals surface area contributed by atoms with Gasteiger partial charge in [-0.1, -0.05) is 0 Å². The summed E-state index contributed by atoms with van der Waals surface area (Å²) in [6.07, 6.45) is 4.00. The summed E-state index contributed by atoms with van der Waals surface area (Å²) in [5.74, 6) is -0.715. The Morgan fingerprint density at radius 1 is 1.29 bits per heavy atom. The van der Waals surface area contributed by atoms with E-state index < -0.39 is 11.6 Å². The number of methoxy groups -OCH3 is 1. The van der Waals surface area contributed by atoms with Crippen molar-refractivity contribution in [1.29, 1.82) is 0 Å². The summed E-state index contributed by atoms with van der Waals surface area (Å²) >= 11 is 0. The van der Waals surface area contributed by atoms with E-state index in [0.29, 0.717) is 5.75 Å². The third kappa shape index (κ3) is 2.28. The molecule has 1 heterocycles. The number of carbonyl (C=O) groups is 1. The van der Waals surface area contributed by atoms with Gasteiger partial charge in [-0.2, -0.15) is 0 Å². The monoisotopic (exact) mass is 232 g/mol. The number of aromatic nitrogens is 2. The number of benzene rings is 1. The summed E-state index contributed by atoms with van der Waals surface area (Å²) in [7, 11) is 1.43. The molecule has 0 aliphatic carbocycles. The standard InChI is InChI=1S/C12H9FN2O2/c1-17-9-2-3-10(11(13)4-9)12(16)8-5-14-7-15-6-8/h2-7H,1H3. The molecule has 0 radical (unpaired) electrons. The zero-order valence-electron chi connectivity index (χ0n) is 9.05. The normalized spacial score (nSPS) is 10.0. The van der Waals surface area contributed by atoms with E-state index >= 15 is 0 Å². The minimum Gasteiger partial charge on any atom is -0.497 e. The van der Waals surface area contributed by atoms with Gasteiger partial charge in [-0.3, -0.25) is 4.79 Å². The number of nitrogens with zero attached hydrogens (tertiary/aromatic N) is 2. The maximum Gasteiger partial charge on any atom is 0.199 e. The van der Waals surface area contributed by atoms with Gasteiger partial charge in [0.05, 0.1) is 18.2 Å². The lowest BCUT2D eigenvalue weighted by Crippen LogP contribution is -2.05. The average molecular weight is 232 g/mol. The Labute approximate surface area is 97.1 Å². The molecule has 0 aliphatic heterocycles. The molecular formula is C12H9FN2O2. The molecule has 0 amide bonds. The van der Waals surface area contributed by atoms with Gasteiger partial charge in [0.1, 0.15) is 17.9 Å². The highest BCUT2D eigenvalue weighted by atomic mass is 19.1. The summed E-state index contributed by atoms with van der Waals surface area (Å²) in [6.45, 7) is 0. The molecule has 0 saturated heterocycles. The summed E-state index contributed by atoms with van der Waals surface area (Å²) in [6, 6.07) is 4.07. The molecule has 0 bridgehead atoms. The second-order valence-electron chi connectivity index (χ2n) is 3.30. The van der Waals surface area contributed by atoms with Crippen LogP contribution in [0.25, 0.3) is 0 Å². The second kappa shape index (κ2) is 4.69. The number of ether oxygens (including phenoxy) is 1. The first kappa shape index (κ1) is 11.2. The van der Waals surface area contributed by atoms with E-state index in [0.717, 1.165) is 6.07 Å². The third-order valence-electron chi connectivity index (χ3n) is 2.24. The summed E-state index contributed by atoms with van der Waals surface area (Å²) in [5, 5.41) is 0. The minimum absolute atomic E-state index is 0.0272. The van der Waals surface area contributed by atoms with Gasteiger partial charge < -0.3 is 4.74 Å². The molecule has 17 heavy (non-hydrogen) atoms. The molecule has 0 N–H and O–H groups in total. The van der Waals surface area contributed by atoms with Crippen LogP contribution in [-0.4, -0.2) is 22.9 Å². The van der Waals surface area contributed by atoms with Crippen molar-refractivity contribution >= 4 is 5.78 Å². The number of hydrogen-bond acceptors (Lipinski definition) is 4. The predicted octanol–water partition coefficient (Wildman–Crippen LogP) is 1.86. The quantitative estimate of drug-likeness (QED) is 0.758. The molecular weight excluding hydrogens is 223 g/mol. The molecule has 0 spiro atoms. The average Bonchev–Trinajstić information content (AvgIpc) is 2.39. The van der Waals surface area contributed by atoms with Crippen molar-refractivity contribution in [2.24, 2.45) is 0 Å². The van der Waals surface area contributed by atoms with Crippen LogP contribution in [0.15, 0.2) is 36.9 Å². The minimum atomic E-state index is -0.627. The van der Waals surface area contributed by atoms with Crippen LogP contribution < -0.4 is 4.74 Å². The lowest BCUT2D eigenvalue weighted by molar-refractivity contribution is 0.103. The van der Waals surface area contributed by atoms with Crippen molar-refractivity contribution in [3.8, 4) is 5.75 Å². The Bertz CT molecular complexity index is 543. The van der Waals surface area contributed by atoms with Gasteiger partial charge >= 0.3 is 0 Å². The van der Waals surface area contributed by atoms with Gasteiger partial charge in [0.15, 0.2) is 5.78 Å². The lowest BCUT2D eigenvalue weighted by Gasteiger charge is -2.04. The summed E-state index contributed by atoms with van der Waals surface area (Å²) in [4.78, 5) is 19.3. The first-order valence-electron chi connectivity index (χ1n) is 4.85. The second-order valence-corrected chi connectivity index (χ2v) is 3.30. The molecule has 1 aromatic heterocycles. The Balaban J connectivity index is 2.38. The van der Waals surface area contributed by atoms with Crippen LogP contribution in [0.5, 0.6) is 5.75 Å². The van der Waals surface area contributed by atoms with Crippen LogP contribution >= 0.6 is 0 Å². The summed E-state index contributed by atoms with van der Waals surface area (Å²) < 4.78 is 18.5. The molecule has 0 unspecified atom stereocenters. The van der Waals surface area contributed by atoms with Gasteiger partial charge in [0, 0.05) is 18.5 Å². The van der Waals surface area contributed by atoms with Crippen LogP contribution in [0.4, 0.5) is 4.39 Å². The Kier molecular flexibility index (Phi) is 3.09. The Morgan fingerprint density at radius 2 is 2.00 bits per heavy atom. The fourth-order valence-electron chi connectivity index (χ4n) is 1.38. The van der Waals surface area contributed by atoms with Crippen molar-refractivity contribution in [2.75, 3.05) is 7.11 Å². The van der Waals surface area contributed by atoms with E-state index in [4.69, 9.17) is 4.74 Å². The highest BCUT2D eigenvalue weighted by molar-refractivity contribution is 6.08. The zero-order valence-corrected chi connectivity index (χ0v) is 9.05. The van der Waals surface area contributed by atoms with Gasteiger partial charge in [-0.05, 0) is 12.1 Å². The van der Waals surface area contributed by atoms with Crippen LogP contribution in [-0.2, 0) is 0 Å². The van der Waals surface area contributed by atoms with E-state index in [1.54, 1.807) is 0 Å².